The van der Waals surface area contributed by atoms with Gasteiger partial charge in [0.15, 0.2) is 0 Å². The Labute approximate surface area is 70.3 Å². The van der Waals surface area contributed by atoms with Gasteiger partial charge in [0.2, 0.25) is 0 Å². The summed E-state index contributed by atoms with van der Waals surface area (Å²) in [5.74, 6) is 0. The number of rotatable bonds is 1. The number of benzene rings is 1. The van der Waals surface area contributed by atoms with Crippen molar-refractivity contribution in [3.8, 4) is 0 Å². The van der Waals surface area contributed by atoms with Crippen molar-refractivity contribution in [2.45, 2.75) is 6.92 Å². The van der Waals surface area contributed by atoms with Crippen LogP contribution in [0.3, 0.4) is 0 Å². The molecule has 0 fully saturated rings. The van der Waals surface area contributed by atoms with E-state index in [0.717, 1.165) is 11.0 Å². The minimum atomic E-state index is 0.926. The van der Waals surface area contributed by atoms with Crippen molar-refractivity contribution in [3.63, 3.8) is 0 Å². The van der Waals surface area contributed by atoms with Crippen molar-refractivity contribution in [1.82, 2.24) is 15.0 Å². The van der Waals surface area contributed by atoms with Crippen molar-refractivity contribution in [1.29, 1.82) is 0 Å². The number of aromatic nitrogens is 3. The van der Waals surface area contributed by atoms with Gasteiger partial charge in [0, 0.05) is 6.20 Å². The normalized spacial score (nSPS) is 11.4. The summed E-state index contributed by atoms with van der Waals surface area (Å²) in [5, 5.41) is 8.44. The summed E-state index contributed by atoms with van der Waals surface area (Å²) in [6, 6.07) is 7.80. The lowest BCUT2D eigenvalue weighted by Gasteiger charge is -1.82. The van der Waals surface area contributed by atoms with Crippen LogP contribution in [0.4, 0.5) is 0 Å². The molecule has 1 aromatic heterocycles. The molecule has 0 radical (unpaired) electrons. The molecule has 0 bridgehead atoms. The maximum atomic E-state index is 4.22. The lowest BCUT2D eigenvalue weighted by molar-refractivity contribution is 0.811. The van der Waals surface area contributed by atoms with Crippen molar-refractivity contribution in [3.05, 3.63) is 30.3 Å². The van der Waals surface area contributed by atoms with Gasteiger partial charge in [0.25, 0.3) is 0 Å². The van der Waals surface area contributed by atoms with Crippen LogP contribution in [0.5, 0.6) is 0 Å². The summed E-state index contributed by atoms with van der Waals surface area (Å²) in [7, 11) is 0. The third-order valence-electron chi connectivity index (χ3n) is 1.58. The van der Waals surface area contributed by atoms with Crippen molar-refractivity contribution >= 4 is 17.2 Å². The van der Waals surface area contributed by atoms with Crippen LogP contribution in [0, 0.1) is 0 Å². The zero-order chi connectivity index (χ0) is 8.39. The summed E-state index contributed by atoms with van der Waals surface area (Å²) in [5.41, 5.74) is 1.85. The lowest BCUT2D eigenvalue weighted by Crippen LogP contribution is -1.89. The van der Waals surface area contributed by atoms with Crippen LogP contribution in [-0.2, 0) is 0 Å². The van der Waals surface area contributed by atoms with Gasteiger partial charge in [-0.25, -0.2) is 0 Å². The van der Waals surface area contributed by atoms with Crippen LogP contribution >= 0.6 is 0 Å². The minimum Gasteiger partial charge on any atom is -0.158 e. The molecule has 1 aromatic carbocycles. The summed E-state index contributed by atoms with van der Waals surface area (Å²) in [4.78, 5) is 1.57. The predicted molar refractivity (Wildman–Crippen MR) is 48.5 cm³/mol. The van der Waals surface area contributed by atoms with E-state index < -0.39 is 0 Å². The molecular weight excluding hydrogens is 150 g/mol. The Morgan fingerprint density at radius 1 is 1.17 bits per heavy atom. The molecule has 0 amide bonds. The van der Waals surface area contributed by atoms with E-state index in [1.165, 1.54) is 0 Å². The minimum absolute atomic E-state index is 0.926. The second-order valence-corrected chi connectivity index (χ2v) is 2.49. The van der Waals surface area contributed by atoms with Gasteiger partial charge in [-0.05, 0) is 19.1 Å². The Kier molecular flexibility index (Phi) is 1.63. The highest BCUT2D eigenvalue weighted by Crippen LogP contribution is 2.06. The standard InChI is InChI=1S/C9H9N3/c1-2-7-12-10-8-5-3-4-6-9(8)11-12/h2-7H,1H3/b7-2+. The first-order valence-electron chi connectivity index (χ1n) is 3.84. The maximum absolute atomic E-state index is 4.22. The van der Waals surface area contributed by atoms with E-state index in [-0.39, 0.29) is 0 Å². The van der Waals surface area contributed by atoms with Gasteiger partial charge < -0.3 is 0 Å². The van der Waals surface area contributed by atoms with Gasteiger partial charge in [-0.2, -0.15) is 4.80 Å². The third kappa shape index (κ3) is 1.09. The molecule has 3 nitrogen and oxygen atoms in total. The van der Waals surface area contributed by atoms with E-state index in [9.17, 15) is 0 Å². The van der Waals surface area contributed by atoms with Crippen molar-refractivity contribution < 1.29 is 0 Å². The molecule has 0 saturated heterocycles. The SMILES string of the molecule is C/C=C/n1nc2ccccc2n1. The fraction of sp³-hybridized carbons (Fsp3) is 0.111. The largest absolute Gasteiger partial charge is 0.158 e. The predicted octanol–water partition coefficient (Wildman–Crippen LogP) is 1.92. The topological polar surface area (TPSA) is 30.7 Å². The monoisotopic (exact) mass is 159 g/mol. The van der Waals surface area contributed by atoms with E-state index >= 15 is 0 Å². The van der Waals surface area contributed by atoms with E-state index in [1.54, 1.807) is 4.80 Å². The van der Waals surface area contributed by atoms with Gasteiger partial charge in [-0.3, -0.25) is 0 Å². The molecule has 0 atom stereocenters. The molecule has 2 rings (SSSR count). The molecule has 0 spiro atoms. The van der Waals surface area contributed by atoms with Gasteiger partial charge in [0.1, 0.15) is 11.0 Å². The number of hydrogen-bond donors (Lipinski definition) is 0. The molecular formula is C9H9N3. The van der Waals surface area contributed by atoms with E-state index in [2.05, 4.69) is 10.2 Å². The van der Waals surface area contributed by atoms with Crippen LogP contribution < -0.4 is 0 Å². The Morgan fingerprint density at radius 3 is 2.25 bits per heavy atom. The quantitative estimate of drug-likeness (QED) is 0.636. The van der Waals surface area contributed by atoms with Crippen LogP contribution in [-0.4, -0.2) is 15.0 Å². The summed E-state index contributed by atoms with van der Waals surface area (Å²) in [6.07, 6.45) is 3.72. The maximum Gasteiger partial charge on any atom is 0.113 e. The average Bonchev–Trinajstić information content (AvgIpc) is 2.47. The first-order chi connectivity index (χ1) is 5.90. The number of allylic oxidation sites excluding steroid dienone is 1. The zero-order valence-electron chi connectivity index (χ0n) is 6.81. The molecule has 12 heavy (non-hydrogen) atoms. The summed E-state index contributed by atoms with van der Waals surface area (Å²) in [6.45, 7) is 1.94. The first-order valence-corrected chi connectivity index (χ1v) is 3.84. The van der Waals surface area contributed by atoms with Gasteiger partial charge in [-0.1, -0.05) is 18.2 Å². The smallest absolute Gasteiger partial charge is 0.113 e. The highest BCUT2D eigenvalue weighted by atomic mass is 15.5. The van der Waals surface area contributed by atoms with Crippen LogP contribution in [0.15, 0.2) is 30.3 Å². The third-order valence-corrected chi connectivity index (χ3v) is 1.58. The molecule has 60 valence electrons. The van der Waals surface area contributed by atoms with Gasteiger partial charge >= 0.3 is 0 Å². The summed E-state index contributed by atoms with van der Waals surface area (Å²) < 4.78 is 0. The molecule has 0 aliphatic rings. The van der Waals surface area contributed by atoms with Crippen molar-refractivity contribution in [2.75, 3.05) is 0 Å². The number of hydrogen-bond acceptors (Lipinski definition) is 2. The molecule has 2 aromatic rings. The Bertz CT molecular complexity index is 381. The second kappa shape index (κ2) is 2.77. The van der Waals surface area contributed by atoms with Crippen molar-refractivity contribution in [2.24, 2.45) is 0 Å². The molecule has 3 heteroatoms. The molecule has 1 heterocycles. The van der Waals surface area contributed by atoms with E-state index in [0.29, 0.717) is 0 Å². The Balaban J connectivity index is 2.62. The fourth-order valence-corrected chi connectivity index (χ4v) is 1.08. The fourth-order valence-electron chi connectivity index (χ4n) is 1.08. The number of fused-ring (bicyclic) bond motifs is 1. The molecule has 0 aliphatic carbocycles. The van der Waals surface area contributed by atoms with Crippen LogP contribution in [0.2, 0.25) is 0 Å². The number of nitrogens with zero attached hydrogens (tertiary/aromatic N) is 3. The molecule has 0 saturated carbocycles. The van der Waals surface area contributed by atoms with E-state index in [1.807, 2.05) is 43.5 Å². The highest BCUT2D eigenvalue weighted by molar-refractivity contribution is 5.73. The second-order valence-electron chi connectivity index (χ2n) is 2.49. The molecule has 0 N–H and O–H groups in total. The van der Waals surface area contributed by atoms with E-state index in [4.69, 9.17) is 0 Å². The summed E-state index contributed by atoms with van der Waals surface area (Å²) >= 11 is 0. The van der Waals surface area contributed by atoms with Gasteiger partial charge in [-0.15, -0.1) is 10.2 Å². The molecule has 0 aliphatic heterocycles. The Hall–Kier alpha value is -1.64. The average molecular weight is 159 g/mol. The van der Waals surface area contributed by atoms with Crippen LogP contribution in [0.1, 0.15) is 6.92 Å². The first kappa shape index (κ1) is 7.03. The van der Waals surface area contributed by atoms with Crippen LogP contribution in [0.25, 0.3) is 17.2 Å². The Morgan fingerprint density at radius 2 is 1.75 bits per heavy atom. The highest BCUT2D eigenvalue weighted by Gasteiger charge is 1.96. The van der Waals surface area contributed by atoms with Gasteiger partial charge in [0.05, 0.1) is 0 Å². The zero-order valence-corrected chi connectivity index (χ0v) is 6.81. The lowest BCUT2D eigenvalue weighted by atomic mass is 10.3. The molecule has 0 unspecified atom stereocenters.